The van der Waals surface area contributed by atoms with Gasteiger partial charge in [-0.1, -0.05) is 176 Å². The van der Waals surface area contributed by atoms with Gasteiger partial charge in [-0.05, 0) is 94.0 Å². The summed E-state index contributed by atoms with van der Waals surface area (Å²) in [6.07, 6.45) is 0. The molecule has 2 heteroatoms. The van der Waals surface area contributed by atoms with Crippen LogP contribution >= 0.6 is 0 Å². The molecule has 11 aromatic rings. The van der Waals surface area contributed by atoms with E-state index in [9.17, 15) is 0 Å². The fourth-order valence-corrected chi connectivity index (χ4v) is 8.57. The predicted octanol–water partition coefficient (Wildman–Crippen LogP) is 14.1. The van der Waals surface area contributed by atoms with Crippen LogP contribution in [0.25, 0.3) is 110 Å². The summed E-state index contributed by atoms with van der Waals surface area (Å²) in [6.45, 7) is 0. The van der Waals surface area contributed by atoms with Gasteiger partial charge in [-0.2, -0.15) is 0 Å². The third-order valence-electron chi connectivity index (χ3n) is 11.0. The minimum Gasteiger partial charge on any atom is -0.228 e. The first-order valence-corrected chi connectivity index (χ1v) is 18.5. The maximum absolute atomic E-state index is 5.21. The summed E-state index contributed by atoms with van der Waals surface area (Å²) < 4.78 is 0. The minimum absolute atomic E-state index is 0.715. The Morgan fingerprint density at radius 1 is 0.259 bits per heavy atom. The quantitative estimate of drug-likeness (QED) is 0.172. The number of benzene rings is 9. The molecular formula is C52H32N2. The molecule has 0 aliphatic rings. The van der Waals surface area contributed by atoms with Crippen LogP contribution in [0.3, 0.4) is 0 Å². The monoisotopic (exact) mass is 684 g/mol. The molecule has 0 saturated carbocycles. The molecule has 250 valence electrons. The van der Waals surface area contributed by atoms with Crippen molar-refractivity contribution in [2.24, 2.45) is 0 Å². The molecular weight excluding hydrogens is 653 g/mol. The molecule has 0 atom stereocenters. The predicted molar refractivity (Wildman–Crippen MR) is 229 cm³/mol. The Labute approximate surface area is 312 Å². The zero-order valence-electron chi connectivity index (χ0n) is 29.4. The lowest BCUT2D eigenvalue weighted by Crippen LogP contribution is -1.96. The van der Waals surface area contributed by atoms with Gasteiger partial charge in [0.2, 0.25) is 0 Å². The van der Waals surface area contributed by atoms with Gasteiger partial charge in [0.25, 0.3) is 0 Å². The normalized spacial score (nSPS) is 11.7. The lowest BCUT2D eigenvalue weighted by Gasteiger charge is -2.17. The van der Waals surface area contributed by atoms with Crippen molar-refractivity contribution in [1.29, 1.82) is 0 Å². The summed E-state index contributed by atoms with van der Waals surface area (Å²) in [5, 5.41) is 15.0. The van der Waals surface area contributed by atoms with E-state index in [4.69, 9.17) is 9.97 Å². The summed E-state index contributed by atoms with van der Waals surface area (Å²) in [4.78, 5) is 10.3. The number of aromatic nitrogens is 2. The largest absolute Gasteiger partial charge is 0.228 e. The van der Waals surface area contributed by atoms with E-state index in [2.05, 4.69) is 170 Å². The summed E-state index contributed by atoms with van der Waals surface area (Å²) in [5.41, 5.74) is 7.33. The minimum atomic E-state index is 0.715. The zero-order chi connectivity index (χ0) is 35.6. The van der Waals surface area contributed by atoms with Crippen LogP contribution in [0, 0.1) is 0 Å². The summed E-state index contributed by atoms with van der Waals surface area (Å²) >= 11 is 0. The van der Waals surface area contributed by atoms with E-state index in [0.717, 1.165) is 33.5 Å². The highest BCUT2D eigenvalue weighted by atomic mass is 14.9. The molecule has 0 aliphatic carbocycles. The average molecular weight is 685 g/mol. The second-order valence-corrected chi connectivity index (χ2v) is 14.1. The van der Waals surface area contributed by atoms with Crippen LogP contribution < -0.4 is 0 Å². The van der Waals surface area contributed by atoms with Crippen molar-refractivity contribution in [3.05, 3.63) is 194 Å². The fourth-order valence-electron chi connectivity index (χ4n) is 8.57. The van der Waals surface area contributed by atoms with Gasteiger partial charge in [-0.3, -0.25) is 0 Å². The molecule has 1 aromatic heterocycles. The first-order chi connectivity index (χ1) is 26.8. The molecule has 0 fully saturated rings. The standard InChI is InChI=1S/C52H32N2/c1-3-14-33(15-4-1)48-32-49(54-52(53-48)35-16-5-2-6-17-35)45-29-28-38(39-19-7-10-22-42(39)45)37-30-36-27-26-34-18-13-25-46-43-23-11-8-20-40(43)41-21-9-12-24-44(41)47(31-37)51(36)50(34)46/h1-32H. The number of nitrogens with zero attached hydrogens (tertiary/aromatic N) is 2. The first-order valence-electron chi connectivity index (χ1n) is 18.5. The van der Waals surface area contributed by atoms with Crippen molar-refractivity contribution < 1.29 is 0 Å². The van der Waals surface area contributed by atoms with Gasteiger partial charge in [-0.15, -0.1) is 0 Å². The second-order valence-electron chi connectivity index (χ2n) is 14.1. The van der Waals surface area contributed by atoms with Crippen LogP contribution in [0.1, 0.15) is 0 Å². The SMILES string of the molecule is c1ccc(-c2cc(-c3ccc(-c4cc5ccc6cccc7c8ccccc8c8ccccc8c(c4)c5c67)c4ccccc34)nc(-c3ccccc3)n2)cc1. The molecule has 0 spiro atoms. The van der Waals surface area contributed by atoms with Gasteiger partial charge >= 0.3 is 0 Å². The van der Waals surface area contributed by atoms with Crippen molar-refractivity contribution in [2.75, 3.05) is 0 Å². The first kappa shape index (κ1) is 30.5. The van der Waals surface area contributed by atoms with Gasteiger partial charge in [0.1, 0.15) is 0 Å². The Bertz CT molecular complexity index is 3200. The molecule has 1 heterocycles. The van der Waals surface area contributed by atoms with Crippen molar-refractivity contribution in [1.82, 2.24) is 9.97 Å². The molecule has 0 unspecified atom stereocenters. The maximum atomic E-state index is 5.21. The van der Waals surface area contributed by atoms with Crippen molar-refractivity contribution in [3.8, 4) is 45.0 Å². The lowest BCUT2D eigenvalue weighted by atomic mass is 9.87. The Hall–Kier alpha value is -7.16. The van der Waals surface area contributed by atoms with Crippen LogP contribution in [0.5, 0.6) is 0 Å². The van der Waals surface area contributed by atoms with Crippen molar-refractivity contribution in [3.63, 3.8) is 0 Å². The summed E-state index contributed by atoms with van der Waals surface area (Å²) in [7, 11) is 0. The number of rotatable bonds is 4. The smallest absolute Gasteiger partial charge is 0.160 e. The topological polar surface area (TPSA) is 25.8 Å². The number of fused-ring (bicyclic) bond motifs is 6. The second kappa shape index (κ2) is 12.2. The fraction of sp³-hybridized carbons (Fsp3) is 0. The Kier molecular flexibility index (Phi) is 6.90. The van der Waals surface area contributed by atoms with E-state index in [1.807, 2.05) is 24.3 Å². The van der Waals surface area contributed by atoms with Gasteiger partial charge < -0.3 is 0 Å². The summed E-state index contributed by atoms with van der Waals surface area (Å²) in [5.74, 6) is 0.715. The Balaban J connectivity index is 1.20. The molecule has 0 aliphatic heterocycles. The van der Waals surface area contributed by atoms with E-state index in [1.54, 1.807) is 0 Å². The van der Waals surface area contributed by atoms with Crippen LogP contribution in [-0.2, 0) is 0 Å². The van der Waals surface area contributed by atoms with Crippen LogP contribution in [0.2, 0.25) is 0 Å². The van der Waals surface area contributed by atoms with E-state index < -0.39 is 0 Å². The molecule has 0 amide bonds. The van der Waals surface area contributed by atoms with Crippen LogP contribution in [0.4, 0.5) is 0 Å². The van der Waals surface area contributed by atoms with Gasteiger partial charge in [-0.25, -0.2) is 9.97 Å². The van der Waals surface area contributed by atoms with Crippen LogP contribution in [0.15, 0.2) is 194 Å². The average Bonchev–Trinajstić information content (AvgIpc) is 3.25. The Morgan fingerprint density at radius 2 is 0.759 bits per heavy atom. The van der Waals surface area contributed by atoms with E-state index in [0.29, 0.717) is 5.82 Å². The summed E-state index contributed by atoms with van der Waals surface area (Å²) in [6, 6.07) is 70.0. The van der Waals surface area contributed by atoms with Crippen LogP contribution in [-0.4, -0.2) is 9.97 Å². The molecule has 10 aromatic carbocycles. The highest BCUT2D eigenvalue weighted by Gasteiger charge is 2.17. The molecule has 0 bridgehead atoms. The van der Waals surface area contributed by atoms with E-state index in [1.165, 1.54) is 70.4 Å². The van der Waals surface area contributed by atoms with Gasteiger partial charge in [0.15, 0.2) is 5.82 Å². The van der Waals surface area contributed by atoms with Crippen molar-refractivity contribution >= 4 is 64.6 Å². The molecule has 0 N–H and O–H groups in total. The third kappa shape index (κ3) is 4.81. The number of hydrogen-bond acceptors (Lipinski definition) is 2. The molecule has 2 nitrogen and oxygen atoms in total. The highest BCUT2D eigenvalue weighted by Crippen LogP contribution is 2.44. The number of hydrogen-bond donors (Lipinski definition) is 0. The molecule has 0 saturated heterocycles. The highest BCUT2D eigenvalue weighted by molar-refractivity contribution is 6.33. The van der Waals surface area contributed by atoms with Gasteiger partial charge in [0.05, 0.1) is 11.4 Å². The van der Waals surface area contributed by atoms with Gasteiger partial charge in [0, 0.05) is 16.7 Å². The lowest BCUT2D eigenvalue weighted by molar-refractivity contribution is 1.18. The molecule has 11 rings (SSSR count). The maximum Gasteiger partial charge on any atom is 0.160 e. The zero-order valence-corrected chi connectivity index (χ0v) is 29.4. The Morgan fingerprint density at radius 3 is 1.46 bits per heavy atom. The third-order valence-corrected chi connectivity index (χ3v) is 11.0. The molecule has 0 radical (unpaired) electrons. The van der Waals surface area contributed by atoms with E-state index >= 15 is 0 Å². The van der Waals surface area contributed by atoms with Crippen molar-refractivity contribution in [2.45, 2.75) is 0 Å². The molecule has 54 heavy (non-hydrogen) atoms. The van der Waals surface area contributed by atoms with E-state index in [-0.39, 0.29) is 0 Å².